The van der Waals surface area contributed by atoms with Crippen molar-refractivity contribution in [3.05, 3.63) is 59.5 Å². The Morgan fingerprint density at radius 2 is 1.94 bits per heavy atom. The predicted octanol–water partition coefficient (Wildman–Crippen LogP) is 4.95. The first-order valence-electron chi connectivity index (χ1n) is 10.9. The van der Waals surface area contributed by atoms with Gasteiger partial charge in [-0.1, -0.05) is 47.1 Å². The highest BCUT2D eigenvalue weighted by Gasteiger charge is 2.21. The molecule has 0 radical (unpaired) electrons. The van der Waals surface area contributed by atoms with Crippen LogP contribution in [0.25, 0.3) is 11.3 Å². The van der Waals surface area contributed by atoms with E-state index in [2.05, 4.69) is 25.9 Å². The van der Waals surface area contributed by atoms with Gasteiger partial charge in [-0.2, -0.15) is 0 Å². The molecule has 1 amide bonds. The van der Waals surface area contributed by atoms with E-state index in [4.69, 9.17) is 16.3 Å². The zero-order chi connectivity index (χ0) is 24.0. The van der Waals surface area contributed by atoms with Gasteiger partial charge < -0.3 is 15.4 Å². The van der Waals surface area contributed by atoms with E-state index in [1.54, 1.807) is 16.9 Å². The van der Waals surface area contributed by atoms with Crippen LogP contribution in [0.5, 0.6) is 0 Å². The first kappa shape index (κ1) is 24.5. The number of nitrogens with one attached hydrogen (secondary N) is 2. The molecule has 9 heteroatoms. The van der Waals surface area contributed by atoms with Gasteiger partial charge >= 0.3 is 6.09 Å². The van der Waals surface area contributed by atoms with Crippen molar-refractivity contribution in [3.63, 3.8) is 0 Å². The number of carbonyl (C=O) groups is 1. The lowest BCUT2D eigenvalue weighted by Gasteiger charge is -2.23. The molecule has 0 fully saturated rings. The van der Waals surface area contributed by atoms with Gasteiger partial charge in [-0.05, 0) is 52.7 Å². The molecule has 0 saturated heterocycles. The molecule has 0 aliphatic rings. The van der Waals surface area contributed by atoms with Crippen molar-refractivity contribution in [1.82, 2.24) is 25.3 Å². The summed E-state index contributed by atoms with van der Waals surface area (Å²) in [6.07, 6.45) is 3.68. The summed E-state index contributed by atoms with van der Waals surface area (Å²) in [5.74, 6) is 0. The third-order valence-electron chi connectivity index (χ3n) is 4.58. The minimum absolute atomic E-state index is 0.213. The van der Waals surface area contributed by atoms with Crippen molar-refractivity contribution >= 4 is 23.4 Å². The van der Waals surface area contributed by atoms with Gasteiger partial charge in [-0.3, -0.25) is 0 Å². The lowest BCUT2D eigenvalue weighted by Crippen LogP contribution is -2.42. The van der Waals surface area contributed by atoms with Gasteiger partial charge in [0.15, 0.2) is 0 Å². The Kier molecular flexibility index (Phi) is 7.92. The molecule has 0 aliphatic heterocycles. The van der Waals surface area contributed by atoms with E-state index in [9.17, 15) is 4.79 Å². The second kappa shape index (κ2) is 10.7. The van der Waals surface area contributed by atoms with Crippen LogP contribution < -0.4 is 10.6 Å². The third kappa shape index (κ3) is 7.75. The molecule has 8 nitrogen and oxygen atoms in total. The van der Waals surface area contributed by atoms with Crippen LogP contribution in [0.4, 0.5) is 10.5 Å². The number of hydrogen-bond donors (Lipinski definition) is 2. The molecular formula is C24H31ClN6O2. The van der Waals surface area contributed by atoms with Crippen LogP contribution in [0.2, 0.25) is 5.15 Å². The first-order valence-corrected chi connectivity index (χ1v) is 11.3. The minimum atomic E-state index is -0.580. The number of amides is 1. The smallest absolute Gasteiger partial charge is 0.407 e. The summed E-state index contributed by atoms with van der Waals surface area (Å²) in [5, 5.41) is 15.4. The Bertz CT molecular complexity index is 1060. The topological polar surface area (TPSA) is 94.0 Å². The van der Waals surface area contributed by atoms with Crippen LogP contribution in [0.3, 0.4) is 0 Å². The summed E-state index contributed by atoms with van der Waals surface area (Å²) in [6, 6.07) is 11.7. The number of aromatic nitrogens is 4. The number of carbonyl (C=O) groups excluding carboxylic acids is 1. The van der Waals surface area contributed by atoms with Gasteiger partial charge in [0.2, 0.25) is 0 Å². The number of ether oxygens (including phenoxy) is 1. The van der Waals surface area contributed by atoms with Gasteiger partial charge in [0.1, 0.15) is 16.4 Å². The fraction of sp³-hybridized carbons (Fsp3) is 0.417. The van der Waals surface area contributed by atoms with E-state index < -0.39 is 11.7 Å². The summed E-state index contributed by atoms with van der Waals surface area (Å²) >= 11 is 6.09. The molecule has 1 aromatic carbocycles. The molecule has 0 spiro atoms. The normalized spacial score (nSPS) is 12.5. The van der Waals surface area contributed by atoms with Crippen LogP contribution in [-0.2, 0) is 17.7 Å². The molecule has 0 bridgehead atoms. The second-order valence-corrected chi connectivity index (χ2v) is 9.60. The van der Waals surface area contributed by atoms with Crippen LogP contribution in [0, 0.1) is 0 Å². The van der Waals surface area contributed by atoms with E-state index in [1.807, 2.05) is 71.1 Å². The molecule has 0 aliphatic carbocycles. The maximum atomic E-state index is 12.4. The van der Waals surface area contributed by atoms with Crippen LogP contribution in [0.15, 0.2) is 48.8 Å². The van der Waals surface area contributed by atoms with E-state index >= 15 is 0 Å². The zero-order valence-electron chi connectivity index (χ0n) is 19.7. The second-order valence-electron chi connectivity index (χ2n) is 9.21. The van der Waals surface area contributed by atoms with E-state index in [0.717, 1.165) is 16.8 Å². The van der Waals surface area contributed by atoms with Crippen molar-refractivity contribution in [3.8, 4) is 11.3 Å². The summed E-state index contributed by atoms with van der Waals surface area (Å²) in [4.78, 5) is 16.6. The van der Waals surface area contributed by atoms with Crippen molar-refractivity contribution in [2.24, 2.45) is 0 Å². The number of pyridine rings is 1. The molecule has 176 valence electrons. The monoisotopic (exact) mass is 470 g/mol. The maximum absolute atomic E-state index is 12.4. The molecule has 2 aromatic heterocycles. The van der Waals surface area contributed by atoms with Gasteiger partial charge in [0, 0.05) is 23.5 Å². The highest BCUT2D eigenvalue weighted by Crippen LogP contribution is 2.28. The van der Waals surface area contributed by atoms with Crippen molar-refractivity contribution in [2.75, 3.05) is 5.32 Å². The highest BCUT2D eigenvalue weighted by atomic mass is 35.5. The van der Waals surface area contributed by atoms with Crippen molar-refractivity contribution in [1.29, 1.82) is 0 Å². The SMILES string of the molecule is CC(C)Nc1cc(Cl)ncc1-c1cn(CC(Cc2ccccc2)NC(=O)OC(C)(C)C)nn1. The van der Waals surface area contributed by atoms with Gasteiger partial charge in [0.05, 0.1) is 18.8 Å². The minimum Gasteiger partial charge on any atom is -0.444 e. The first-order chi connectivity index (χ1) is 15.6. The van der Waals surface area contributed by atoms with Crippen LogP contribution in [0.1, 0.15) is 40.2 Å². The molecular weight excluding hydrogens is 440 g/mol. The molecule has 1 unspecified atom stereocenters. The predicted molar refractivity (Wildman–Crippen MR) is 130 cm³/mol. The van der Waals surface area contributed by atoms with Crippen molar-refractivity contribution in [2.45, 2.75) is 65.3 Å². The quantitative estimate of drug-likeness (QED) is 0.452. The standard InChI is InChI=1S/C24H31ClN6O2/c1-16(2)27-20-12-22(25)26-13-19(20)21-15-31(30-29-21)14-18(11-17-9-7-6-8-10-17)28-23(32)33-24(3,4)5/h6-10,12-13,15-16,18H,11,14H2,1-5H3,(H,26,27)(H,28,32). The molecule has 2 N–H and O–H groups in total. The lowest BCUT2D eigenvalue weighted by atomic mass is 10.1. The Morgan fingerprint density at radius 3 is 2.61 bits per heavy atom. The average molecular weight is 471 g/mol. The lowest BCUT2D eigenvalue weighted by molar-refractivity contribution is 0.0498. The van der Waals surface area contributed by atoms with E-state index in [-0.39, 0.29) is 12.1 Å². The fourth-order valence-corrected chi connectivity index (χ4v) is 3.49. The average Bonchev–Trinajstić information content (AvgIpc) is 3.15. The van der Waals surface area contributed by atoms with Gasteiger partial charge in [-0.15, -0.1) is 5.10 Å². The summed E-state index contributed by atoms with van der Waals surface area (Å²) in [7, 11) is 0. The Hall–Kier alpha value is -3.13. The molecule has 0 saturated carbocycles. The largest absolute Gasteiger partial charge is 0.444 e. The number of hydrogen-bond acceptors (Lipinski definition) is 6. The van der Waals surface area contributed by atoms with E-state index in [1.165, 1.54) is 0 Å². The number of nitrogens with zero attached hydrogens (tertiary/aromatic N) is 4. The maximum Gasteiger partial charge on any atom is 0.407 e. The van der Waals surface area contributed by atoms with Crippen LogP contribution >= 0.6 is 11.6 Å². The Labute approximate surface area is 199 Å². The summed E-state index contributed by atoms with van der Waals surface area (Å²) in [5.41, 5.74) is 2.83. The number of benzene rings is 1. The molecule has 1 atom stereocenters. The number of alkyl carbamates (subject to hydrolysis) is 1. The molecule has 2 heterocycles. The van der Waals surface area contributed by atoms with E-state index in [0.29, 0.717) is 23.8 Å². The molecule has 3 rings (SSSR count). The Balaban J connectivity index is 1.80. The third-order valence-corrected chi connectivity index (χ3v) is 4.79. The number of anilines is 1. The zero-order valence-corrected chi connectivity index (χ0v) is 20.4. The highest BCUT2D eigenvalue weighted by molar-refractivity contribution is 6.29. The summed E-state index contributed by atoms with van der Waals surface area (Å²) < 4.78 is 7.17. The number of halogens is 1. The Morgan fingerprint density at radius 1 is 1.21 bits per heavy atom. The fourth-order valence-electron chi connectivity index (χ4n) is 3.34. The molecule has 33 heavy (non-hydrogen) atoms. The van der Waals surface area contributed by atoms with Gasteiger partial charge in [0.25, 0.3) is 0 Å². The summed E-state index contributed by atoms with van der Waals surface area (Å²) in [6.45, 7) is 10.0. The molecule has 3 aromatic rings. The number of rotatable bonds is 8. The van der Waals surface area contributed by atoms with Crippen molar-refractivity contribution < 1.29 is 9.53 Å². The van der Waals surface area contributed by atoms with Gasteiger partial charge in [-0.25, -0.2) is 14.5 Å². The van der Waals surface area contributed by atoms with Crippen LogP contribution in [-0.4, -0.2) is 43.8 Å².